The SMILES string of the molecule is COc1ccc([C@]2(C)NN=C(c3ccc(C)cc3)S2)cc1. The second-order valence-electron chi connectivity index (χ2n) is 5.26. The molecule has 0 spiro atoms. The Labute approximate surface area is 129 Å². The summed E-state index contributed by atoms with van der Waals surface area (Å²) in [5.74, 6) is 0.866. The molecule has 4 heteroatoms. The third-order valence-corrected chi connectivity index (χ3v) is 4.87. The molecule has 2 aromatic carbocycles. The molecule has 0 bridgehead atoms. The Morgan fingerprint density at radius 2 is 1.71 bits per heavy atom. The molecule has 2 aromatic rings. The summed E-state index contributed by atoms with van der Waals surface area (Å²) in [6.45, 7) is 4.23. The number of hydrogen-bond donors (Lipinski definition) is 1. The van der Waals surface area contributed by atoms with Crippen molar-refractivity contribution < 1.29 is 4.74 Å². The number of thioether (sulfide) groups is 1. The van der Waals surface area contributed by atoms with Crippen LogP contribution in [0.4, 0.5) is 0 Å². The van der Waals surface area contributed by atoms with Gasteiger partial charge < -0.3 is 4.74 Å². The van der Waals surface area contributed by atoms with Crippen molar-refractivity contribution in [3.8, 4) is 5.75 Å². The second-order valence-corrected chi connectivity index (χ2v) is 6.67. The summed E-state index contributed by atoms with van der Waals surface area (Å²) >= 11 is 1.74. The first-order valence-electron chi connectivity index (χ1n) is 6.86. The van der Waals surface area contributed by atoms with E-state index in [0.717, 1.165) is 16.4 Å². The highest BCUT2D eigenvalue weighted by molar-refractivity contribution is 8.15. The van der Waals surface area contributed by atoms with Gasteiger partial charge in [0.15, 0.2) is 0 Å². The average Bonchev–Trinajstić information content (AvgIpc) is 2.92. The highest BCUT2D eigenvalue weighted by atomic mass is 32.2. The summed E-state index contributed by atoms with van der Waals surface area (Å²) in [6.07, 6.45) is 0. The van der Waals surface area contributed by atoms with Gasteiger partial charge in [-0.2, -0.15) is 5.10 Å². The first-order chi connectivity index (χ1) is 10.1. The molecule has 0 saturated carbocycles. The zero-order valence-electron chi connectivity index (χ0n) is 12.4. The highest BCUT2D eigenvalue weighted by Gasteiger charge is 2.34. The number of hydrazone groups is 1. The Bertz CT molecular complexity index is 664. The van der Waals surface area contributed by atoms with E-state index < -0.39 is 0 Å². The molecule has 1 N–H and O–H groups in total. The van der Waals surface area contributed by atoms with E-state index in [2.05, 4.69) is 60.8 Å². The number of aryl methyl sites for hydroxylation is 1. The molecule has 0 aliphatic carbocycles. The van der Waals surface area contributed by atoms with Crippen LogP contribution in [0.5, 0.6) is 5.75 Å². The monoisotopic (exact) mass is 298 g/mol. The number of nitrogens with one attached hydrogen (secondary N) is 1. The van der Waals surface area contributed by atoms with Crippen molar-refractivity contribution in [3.05, 3.63) is 65.2 Å². The van der Waals surface area contributed by atoms with Crippen LogP contribution in [0.25, 0.3) is 0 Å². The van der Waals surface area contributed by atoms with Crippen LogP contribution in [0.1, 0.15) is 23.6 Å². The number of rotatable bonds is 3. The Morgan fingerprint density at radius 1 is 1.05 bits per heavy atom. The number of methoxy groups -OCH3 is 1. The molecule has 1 aliphatic rings. The smallest absolute Gasteiger partial charge is 0.128 e. The maximum atomic E-state index is 5.21. The lowest BCUT2D eigenvalue weighted by atomic mass is 10.1. The molecule has 0 aromatic heterocycles. The maximum absolute atomic E-state index is 5.21. The van der Waals surface area contributed by atoms with E-state index >= 15 is 0 Å². The topological polar surface area (TPSA) is 33.6 Å². The highest BCUT2D eigenvalue weighted by Crippen LogP contribution is 2.40. The van der Waals surface area contributed by atoms with Gasteiger partial charge in [0.25, 0.3) is 0 Å². The van der Waals surface area contributed by atoms with Gasteiger partial charge in [0, 0.05) is 5.56 Å². The standard InChI is InChI=1S/C17H18N2OS/c1-12-4-6-13(7-5-12)16-18-19-17(2,21-16)14-8-10-15(20-3)11-9-14/h4-11,19H,1-3H3/t17-/m1/s1. The molecule has 1 aliphatic heterocycles. The molecule has 1 heterocycles. The van der Waals surface area contributed by atoms with Crippen molar-refractivity contribution in [3.63, 3.8) is 0 Å². The average molecular weight is 298 g/mol. The Kier molecular flexibility index (Phi) is 3.64. The summed E-state index contributed by atoms with van der Waals surface area (Å²) in [7, 11) is 1.68. The molecule has 3 rings (SSSR count). The number of hydrogen-bond acceptors (Lipinski definition) is 4. The third-order valence-electron chi connectivity index (χ3n) is 3.61. The van der Waals surface area contributed by atoms with Crippen molar-refractivity contribution in [2.24, 2.45) is 5.10 Å². The fourth-order valence-electron chi connectivity index (χ4n) is 2.25. The number of benzene rings is 2. The lowest BCUT2D eigenvalue weighted by Gasteiger charge is -2.23. The molecule has 0 unspecified atom stereocenters. The van der Waals surface area contributed by atoms with Gasteiger partial charge >= 0.3 is 0 Å². The molecular weight excluding hydrogens is 280 g/mol. The maximum Gasteiger partial charge on any atom is 0.128 e. The predicted molar refractivity (Wildman–Crippen MR) is 88.8 cm³/mol. The lowest BCUT2D eigenvalue weighted by Crippen LogP contribution is -2.28. The fourth-order valence-corrected chi connectivity index (χ4v) is 3.33. The summed E-state index contributed by atoms with van der Waals surface area (Å²) in [5.41, 5.74) is 6.85. The van der Waals surface area contributed by atoms with Crippen molar-refractivity contribution in [1.29, 1.82) is 0 Å². The molecule has 0 saturated heterocycles. The summed E-state index contributed by atoms with van der Waals surface area (Å²) in [6, 6.07) is 16.6. The minimum Gasteiger partial charge on any atom is -0.497 e. The Morgan fingerprint density at radius 3 is 2.33 bits per heavy atom. The van der Waals surface area contributed by atoms with E-state index in [-0.39, 0.29) is 4.87 Å². The number of ether oxygens (including phenoxy) is 1. The van der Waals surface area contributed by atoms with Crippen LogP contribution in [0.3, 0.4) is 0 Å². The summed E-state index contributed by atoms with van der Waals surface area (Å²) in [5, 5.41) is 5.53. The first-order valence-corrected chi connectivity index (χ1v) is 7.68. The van der Waals surface area contributed by atoms with E-state index in [1.54, 1.807) is 18.9 Å². The quantitative estimate of drug-likeness (QED) is 0.934. The summed E-state index contributed by atoms with van der Waals surface area (Å²) in [4.78, 5) is -0.244. The van der Waals surface area contributed by atoms with Crippen molar-refractivity contribution in [2.45, 2.75) is 18.7 Å². The van der Waals surface area contributed by atoms with Crippen LogP contribution < -0.4 is 10.2 Å². The summed E-state index contributed by atoms with van der Waals surface area (Å²) < 4.78 is 5.21. The Balaban J connectivity index is 1.81. The molecule has 0 fully saturated rings. The molecule has 108 valence electrons. The molecule has 0 radical (unpaired) electrons. The van der Waals surface area contributed by atoms with Crippen LogP contribution in [0.15, 0.2) is 53.6 Å². The molecular formula is C17H18N2OS. The molecule has 0 amide bonds. The van der Waals surface area contributed by atoms with Crippen molar-refractivity contribution in [2.75, 3.05) is 7.11 Å². The normalized spacial score (nSPS) is 20.8. The van der Waals surface area contributed by atoms with Crippen LogP contribution >= 0.6 is 11.8 Å². The van der Waals surface area contributed by atoms with E-state index in [4.69, 9.17) is 4.74 Å². The minimum atomic E-state index is -0.244. The van der Waals surface area contributed by atoms with Gasteiger partial charge in [-0.15, -0.1) is 0 Å². The fraction of sp³-hybridized carbons (Fsp3) is 0.235. The van der Waals surface area contributed by atoms with Gasteiger partial charge in [0.05, 0.1) is 7.11 Å². The first kappa shape index (κ1) is 14.0. The number of nitrogens with zero attached hydrogens (tertiary/aromatic N) is 1. The third kappa shape index (κ3) is 2.76. The van der Waals surface area contributed by atoms with E-state index in [9.17, 15) is 0 Å². The van der Waals surface area contributed by atoms with Crippen LogP contribution in [0, 0.1) is 6.92 Å². The van der Waals surface area contributed by atoms with Crippen LogP contribution in [-0.2, 0) is 4.87 Å². The minimum absolute atomic E-state index is 0.244. The van der Waals surface area contributed by atoms with Gasteiger partial charge in [-0.1, -0.05) is 53.7 Å². The molecule has 3 nitrogen and oxygen atoms in total. The largest absolute Gasteiger partial charge is 0.497 e. The zero-order valence-corrected chi connectivity index (χ0v) is 13.2. The van der Waals surface area contributed by atoms with Gasteiger partial charge in [-0.05, 0) is 31.5 Å². The van der Waals surface area contributed by atoms with Gasteiger partial charge in [-0.3, -0.25) is 5.43 Å². The second kappa shape index (κ2) is 5.45. The van der Waals surface area contributed by atoms with E-state index in [0.29, 0.717) is 0 Å². The van der Waals surface area contributed by atoms with Gasteiger partial charge in [0.1, 0.15) is 15.7 Å². The Hall–Kier alpha value is -1.94. The molecule has 21 heavy (non-hydrogen) atoms. The van der Waals surface area contributed by atoms with E-state index in [1.807, 2.05) is 12.1 Å². The van der Waals surface area contributed by atoms with Gasteiger partial charge in [0.2, 0.25) is 0 Å². The van der Waals surface area contributed by atoms with Crippen molar-refractivity contribution >= 4 is 16.8 Å². The molecule has 1 atom stereocenters. The van der Waals surface area contributed by atoms with Crippen LogP contribution in [0.2, 0.25) is 0 Å². The van der Waals surface area contributed by atoms with Crippen molar-refractivity contribution in [1.82, 2.24) is 5.43 Å². The van der Waals surface area contributed by atoms with Gasteiger partial charge in [-0.25, -0.2) is 0 Å². The van der Waals surface area contributed by atoms with Crippen LogP contribution in [-0.4, -0.2) is 12.2 Å². The van der Waals surface area contributed by atoms with E-state index in [1.165, 1.54) is 11.1 Å². The lowest BCUT2D eigenvalue weighted by molar-refractivity contribution is 0.414. The zero-order chi connectivity index (χ0) is 14.9. The predicted octanol–water partition coefficient (Wildman–Crippen LogP) is 3.87.